The van der Waals surface area contributed by atoms with E-state index in [1.165, 1.54) is 51.8 Å². The third kappa shape index (κ3) is 9.36. The second kappa shape index (κ2) is 13.6. The van der Waals surface area contributed by atoms with Gasteiger partial charge in [-0.25, -0.2) is 0 Å². The number of hydrogen-bond donors (Lipinski definition) is 2. The molecule has 0 aromatic heterocycles. The molecular weight excluding hydrogens is 379 g/mol. The Bertz CT molecular complexity index is 291. The molecule has 0 amide bonds. The normalized spacial score (nSPS) is 15.7. The molecule has 2 N–H and O–H groups in total. The van der Waals surface area contributed by atoms with Gasteiger partial charge in [0, 0.05) is 0 Å². The van der Waals surface area contributed by atoms with Crippen LogP contribution in [0.3, 0.4) is 0 Å². The number of unbranched alkanes of at least 4 members (excludes halogenated alkanes) is 3. The monoisotopic (exact) mass is 418 g/mol. The Morgan fingerprint density at radius 1 is 0.773 bits per heavy atom. The SMILES string of the molecule is C/C=C/[C@@H](O)[C@H](O)/C=[CH]/[Sn]([CH2]CCC)([CH2]CCC)[CH2]CCC. The fraction of sp³-hybridized carbons (Fsp3) is 0.789. The van der Waals surface area contributed by atoms with Crippen LogP contribution in [0.1, 0.15) is 66.2 Å². The number of hydrogen-bond acceptors (Lipinski definition) is 2. The molecule has 0 aliphatic rings. The van der Waals surface area contributed by atoms with E-state index in [1.54, 1.807) is 12.2 Å². The van der Waals surface area contributed by atoms with E-state index in [0.717, 1.165) is 0 Å². The van der Waals surface area contributed by atoms with Crippen molar-refractivity contribution in [2.45, 2.75) is 91.7 Å². The molecule has 0 bridgehead atoms. The molecule has 0 heterocycles. The van der Waals surface area contributed by atoms with Gasteiger partial charge in [0.05, 0.1) is 0 Å². The Balaban J connectivity index is 5.04. The third-order valence-electron chi connectivity index (χ3n) is 4.47. The van der Waals surface area contributed by atoms with Crippen LogP contribution in [0.2, 0.25) is 13.3 Å². The van der Waals surface area contributed by atoms with E-state index in [4.69, 9.17) is 0 Å². The van der Waals surface area contributed by atoms with Crippen LogP contribution in [0.15, 0.2) is 22.3 Å². The molecular formula is C19H38O2Sn. The summed E-state index contributed by atoms with van der Waals surface area (Å²) in [4.78, 5) is 0. The van der Waals surface area contributed by atoms with Crippen molar-refractivity contribution in [2.24, 2.45) is 0 Å². The van der Waals surface area contributed by atoms with E-state index >= 15 is 0 Å². The molecule has 0 saturated carbocycles. The second-order valence-corrected chi connectivity index (χ2v) is 19.5. The number of aliphatic hydroxyl groups excluding tert-OH is 2. The molecule has 0 spiro atoms. The fourth-order valence-electron chi connectivity index (χ4n) is 2.94. The van der Waals surface area contributed by atoms with Crippen LogP contribution < -0.4 is 0 Å². The van der Waals surface area contributed by atoms with Crippen LogP contribution in [-0.2, 0) is 0 Å². The molecule has 0 fully saturated rings. The van der Waals surface area contributed by atoms with E-state index in [1.807, 2.05) is 13.0 Å². The van der Waals surface area contributed by atoms with Gasteiger partial charge in [0.2, 0.25) is 0 Å². The van der Waals surface area contributed by atoms with Crippen LogP contribution >= 0.6 is 0 Å². The Morgan fingerprint density at radius 3 is 1.55 bits per heavy atom. The number of rotatable bonds is 13. The summed E-state index contributed by atoms with van der Waals surface area (Å²) in [5, 5.41) is 20.0. The molecule has 0 radical (unpaired) electrons. The molecule has 130 valence electrons. The van der Waals surface area contributed by atoms with Crippen molar-refractivity contribution in [1.82, 2.24) is 0 Å². The summed E-state index contributed by atoms with van der Waals surface area (Å²) in [6.07, 6.45) is 11.6. The van der Waals surface area contributed by atoms with Gasteiger partial charge < -0.3 is 0 Å². The summed E-state index contributed by atoms with van der Waals surface area (Å²) in [5.74, 6) is 0. The molecule has 2 nitrogen and oxygen atoms in total. The summed E-state index contributed by atoms with van der Waals surface area (Å²) in [7, 11) is 0. The standard InChI is InChI=1S/C7H11O2.3C4H9.Sn/c1-3-5-7(9)6(8)4-2;3*1-3-4-2;/h2-9H,1H3;3*1,3-4H2,2H3;/b4-2?,5-3+;;;;/t6-,7-;;;;/m1..../s1. The maximum atomic E-state index is 10.1. The first-order chi connectivity index (χ1) is 10.5. The van der Waals surface area contributed by atoms with Gasteiger partial charge >= 0.3 is 143 Å². The Kier molecular flexibility index (Phi) is 13.7. The topological polar surface area (TPSA) is 40.5 Å². The van der Waals surface area contributed by atoms with Gasteiger partial charge in [-0.1, -0.05) is 0 Å². The molecule has 2 atom stereocenters. The van der Waals surface area contributed by atoms with Crippen molar-refractivity contribution in [3.8, 4) is 0 Å². The molecule has 0 unspecified atom stereocenters. The molecule has 22 heavy (non-hydrogen) atoms. The molecule has 0 saturated heterocycles. The van der Waals surface area contributed by atoms with Crippen molar-refractivity contribution in [1.29, 1.82) is 0 Å². The van der Waals surface area contributed by atoms with Crippen molar-refractivity contribution < 1.29 is 10.2 Å². The molecule has 0 aromatic carbocycles. The zero-order chi connectivity index (χ0) is 16.8. The van der Waals surface area contributed by atoms with Crippen LogP contribution in [0.25, 0.3) is 0 Å². The Labute approximate surface area is 142 Å². The van der Waals surface area contributed by atoms with Crippen molar-refractivity contribution >= 4 is 18.4 Å². The first-order valence-corrected chi connectivity index (χ1v) is 16.9. The van der Waals surface area contributed by atoms with E-state index in [0.29, 0.717) is 0 Å². The Hall–Kier alpha value is 0.199. The van der Waals surface area contributed by atoms with Crippen molar-refractivity contribution in [3.05, 3.63) is 22.3 Å². The van der Waals surface area contributed by atoms with E-state index in [2.05, 4.69) is 24.9 Å². The van der Waals surface area contributed by atoms with Gasteiger partial charge in [0.15, 0.2) is 0 Å². The van der Waals surface area contributed by atoms with Gasteiger partial charge in [0.1, 0.15) is 0 Å². The average Bonchev–Trinajstić information content (AvgIpc) is 2.53. The van der Waals surface area contributed by atoms with Crippen LogP contribution in [0, 0.1) is 0 Å². The van der Waals surface area contributed by atoms with Gasteiger partial charge in [-0.2, -0.15) is 0 Å². The zero-order valence-electron chi connectivity index (χ0n) is 15.2. The van der Waals surface area contributed by atoms with Crippen molar-refractivity contribution in [3.63, 3.8) is 0 Å². The van der Waals surface area contributed by atoms with Gasteiger partial charge in [-0.05, 0) is 0 Å². The van der Waals surface area contributed by atoms with Crippen LogP contribution in [0.4, 0.5) is 0 Å². The zero-order valence-corrected chi connectivity index (χ0v) is 18.1. The number of allylic oxidation sites excluding steroid dienone is 1. The van der Waals surface area contributed by atoms with E-state index in [-0.39, 0.29) is 0 Å². The molecule has 0 aliphatic carbocycles. The predicted molar refractivity (Wildman–Crippen MR) is 101 cm³/mol. The first-order valence-electron chi connectivity index (χ1n) is 9.23. The van der Waals surface area contributed by atoms with Gasteiger partial charge in [-0.3, -0.25) is 0 Å². The quantitative estimate of drug-likeness (QED) is 0.318. The molecule has 0 aromatic rings. The first kappa shape index (κ1) is 22.2. The maximum absolute atomic E-state index is 10.1. The summed E-state index contributed by atoms with van der Waals surface area (Å²) in [6, 6.07) is 0. The third-order valence-corrected chi connectivity index (χ3v) is 18.6. The van der Waals surface area contributed by atoms with Crippen LogP contribution in [-0.4, -0.2) is 40.8 Å². The second-order valence-electron chi connectivity index (χ2n) is 6.54. The summed E-state index contributed by atoms with van der Waals surface area (Å²) in [5.41, 5.74) is 0. The summed E-state index contributed by atoms with van der Waals surface area (Å²) >= 11 is -2.32. The minimum atomic E-state index is -2.32. The molecule has 0 rings (SSSR count). The van der Waals surface area contributed by atoms with Crippen LogP contribution in [0.5, 0.6) is 0 Å². The molecule has 0 aliphatic heterocycles. The van der Waals surface area contributed by atoms with Gasteiger partial charge in [-0.15, -0.1) is 0 Å². The summed E-state index contributed by atoms with van der Waals surface area (Å²) < 4.78 is 6.61. The number of aliphatic hydroxyl groups is 2. The Morgan fingerprint density at radius 2 is 1.18 bits per heavy atom. The van der Waals surface area contributed by atoms with Crippen molar-refractivity contribution in [2.75, 3.05) is 0 Å². The molecule has 3 heteroatoms. The average molecular weight is 417 g/mol. The fourth-order valence-corrected chi connectivity index (χ4v) is 17.3. The summed E-state index contributed by atoms with van der Waals surface area (Å²) in [6.45, 7) is 8.67. The predicted octanol–water partition coefficient (Wildman–Crippen LogP) is 5.23. The van der Waals surface area contributed by atoms with E-state index in [9.17, 15) is 10.2 Å². The minimum absolute atomic E-state index is 0.753. The van der Waals surface area contributed by atoms with Gasteiger partial charge in [0.25, 0.3) is 0 Å². The van der Waals surface area contributed by atoms with E-state index < -0.39 is 30.6 Å².